The molecule has 0 atom stereocenters. The van der Waals surface area contributed by atoms with Crippen LogP contribution >= 0.6 is 22.9 Å². The Hall–Kier alpha value is -3.16. The van der Waals surface area contributed by atoms with Crippen molar-refractivity contribution in [3.63, 3.8) is 0 Å². The van der Waals surface area contributed by atoms with E-state index in [9.17, 15) is 4.79 Å². The molecule has 1 N–H and O–H groups in total. The number of halogens is 1. The van der Waals surface area contributed by atoms with E-state index >= 15 is 0 Å². The minimum absolute atomic E-state index is 0.00573. The molecule has 164 valence electrons. The lowest BCUT2D eigenvalue weighted by Gasteiger charge is -2.08. The topological polar surface area (TPSA) is 69.0 Å². The average molecular weight is 467 g/mol. The smallest absolute Gasteiger partial charge is 0.187 e. The number of benzene rings is 2. The average Bonchev–Trinajstić information content (AvgIpc) is 3.47. The summed E-state index contributed by atoms with van der Waals surface area (Å²) in [5.41, 5.74) is 2.76. The van der Waals surface area contributed by atoms with Crippen LogP contribution in [0, 0.1) is 6.92 Å². The number of aromatic nitrogens is 3. The van der Waals surface area contributed by atoms with Gasteiger partial charge in [-0.15, -0.1) is 0 Å². The molecule has 2 heterocycles. The summed E-state index contributed by atoms with van der Waals surface area (Å²) in [6.07, 6.45) is 8.29. The second kappa shape index (κ2) is 10.4. The van der Waals surface area contributed by atoms with E-state index in [1.165, 1.54) is 11.3 Å². The van der Waals surface area contributed by atoms with Gasteiger partial charge >= 0.3 is 0 Å². The third-order valence-electron chi connectivity index (χ3n) is 4.97. The minimum atomic E-state index is 0.00573. The van der Waals surface area contributed by atoms with Crippen molar-refractivity contribution in [2.45, 2.75) is 26.3 Å². The van der Waals surface area contributed by atoms with Gasteiger partial charge in [0.2, 0.25) is 0 Å². The number of Topliss-reactive ketones (excluding diaryl/α,β-unsaturated/α-hetero) is 1. The molecule has 32 heavy (non-hydrogen) atoms. The number of ether oxygens (including phenoxy) is 1. The minimum Gasteiger partial charge on any atom is -0.494 e. The number of carbonyl (C=O) groups excluding carboxylic acids is 1. The first-order chi connectivity index (χ1) is 15.6. The van der Waals surface area contributed by atoms with Crippen LogP contribution in [0.25, 0.3) is 0 Å². The van der Waals surface area contributed by atoms with Crippen molar-refractivity contribution in [1.82, 2.24) is 14.5 Å². The Morgan fingerprint density at radius 2 is 2.06 bits per heavy atom. The first kappa shape index (κ1) is 22.0. The molecule has 0 radical (unpaired) electrons. The Morgan fingerprint density at radius 3 is 2.81 bits per heavy atom. The normalized spacial score (nSPS) is 10.8. The summed E-state index contributed by atoms with van der Waals surface area (Å²) in [6, 6.07) is 13.4. The van der Waals surface area contributed by atoms with Gasteiger partial charge in [0.15, 0.2) is 10.9 Å². The van der Waals surface area contributed by atoms with E-state index in [0.717, 1.165) is 35.5 Å². The Morgan fingerprint density at radius 1 is 1.22 bits per heavy atom. The first-order valence-corrected chi connectivity index (χ1v) is 11.5. The van der Waals surface area contributed by atoms with Crippen molar-refractivity contribution in [2.75, 3.05) is 11.9 Å². The standard InChI is InChI=1S/C24H23ClN4O2S/c1-17-4-2-5-21(25)20(17)14-22(30)23-15-27-24(32-23)28-18-6-8-19(9-7-18)31-13-3-11-29-12-10-26-16-29/h2,4-10,12,15-16H,3,11,13-14H2,1H3,(H,27,28). The van der Waals surface area contributed by atoms with Crippen molar-refractivity contribution in [3.05, 3.63) is 88.4 Å². The SMILES string of the molecule is Cc1cccc(Cl)c1CC(=O)c1cnc(Nc2ccc(OCCCn3ccnc3)cc2)s1. The predicted octanol–water partition coefficient (Wildman–Crippen LogP) is 5.94. The molecule has 4 aromatic rings. The highest BCUT2D eigenvalue weighted by molar-refractivity contribution is 7.17. The van der Waals surface area contributed by atoms with Crippen LogP contribution in [0.3, 0.4) is 0 Å². The summed E-state index contributed by atoms with van der Waals surface area (Å²) in [5, 5.41) is 4.52. The molecule has 0 saturated heterocycles. The maximum absolute atomic E-state index is 12.7. The number of nitrogens with one attached hydrogen (secondary N) is 1. The first-order valence-electron chi connectivity index (χ1n) is 10.3. The van der Waals surface area contributed by atoms with E-state index in [1.54, 1.807) is 18.7 Å². The molecule has 2 aromatic heterocycles. The van der Waals surface area contributed by atoms with E-state index in [0.29, 0.717) is 21.6 Å². The number of anilines is 2. The lowest BCUT2D eigenvalue weighted by atomic mass is 10.0. The van der Waals surface area contributed by atoms with Crippen LogP contribution in [0.4, 0.5) is 10.8 Å². The summed E-state index contributed by atoms with van der Waals surface area (Å²) in [4.78, 5) is 21.7. The van der Waals surface area contributed by atoms with E-state index in [4.69, 9.17) is 16.3 Å². The molecule has 0 aliphatic rings. The third-order valence-corrected chi connectivity index (χ3v) is 6.27. The van der Waals surface area contributed by atoms with Crippen LogP contribution in [-0.2, 0) is 13.0 Å². The van der Waals surface area contributed by atoms with E-state index in [-0.39, 0.29) is 12.2 Å². The van der Waals surface area contributed by atoms with Gasteiger partial charge in [0.25, 0.3) is 0 Å². The number of ketones is 1. The summed E-state index contributed by atoms with van der Waals surface area (Å²) < 4.78 is 7.82. The van der Waals surface area contributed by atoms with Gasteiger partial charge in [-0.1, -0.05) is 35.1 Å². The summed E-state index contributed by atoms with van der Waals surface area (Å²) in [5.74, 6) is 0.817. The zero-order valence-electron chi connectivity index (χ0n) is 17.6. The highest BCUT2D eigenvalue weighted by Crippen LogP contribution is 2.27. The highest BCUT2D eigenvalue weighted by Gasteiger charge is 2.15. The number of hydrogen-bond acceptors (Lipinski definition) is 6. The van der Waals surface area contributed by atoms with Crippen LogP contribution < -0.4 is 10.1 Å². The largest absolute Gasteiger partial charge is 0.494 e. The second-order valence-corrected chi connectivity index (χ2v) is 8.75. The molecule has 8 heteroatoms. The van der Waals surface area contributed by atoms with Crippen molar-refractivity contribution in [2.24, 2.45) is 0 Å². The zero-order valence-corrected chi connectivity index (χ0v) is 19.2. The number of rotatable bonds is 10. The van der Waals surface area contributed by atoms with E-state index in [2.05, 4.69) is 15.3 Å². The summed E-state index contributed by atoms with van der Waals surface area (Å²) in [7, 11) is 0. The lowest BCUT2D eigenvalue weighted by molar-refractivity contribution is 0.0996. The molecule has 6 nitrogen and oxygen atoms in total. The van der Waals surface area contributed by atoms with E-state index in [1.807, 2.05) is 60.2 Å². The number of hydrogen-bond donors (Lipinski definition) is 1. The summed E-state index contributed by atoms with van der Waals surface area (Å²) >= 11 is 7.59. The zero-order chi connectivity index (χ0) is 22.3. The Bertz CT molecular complexity index is 1150. The monoisotopic (exact) mass is 466 g/mol. The molecule has 0 aliphatic heterocycles. The molecule has 0 spiro atoms. The van der Waals surface area contributed by atoms with Gasteiger partial charge < -0.3 is 14.6 Å². The molecule has 0 unspecified atom stereocenters. The van der Waals surface area contributed by atoms with Crippen molar-refractivity contribution < 1.29 is 9.53 Å². The molecular weight excluding hydrogens is 444 g/mol. The van der Waals surface area contributed by atoms with Gasteiger partial charge in [-0.3, -0.25) is 4.79 Å². The summed E-state index contributed by atoms with van der Waals surface area (Å²) in [6.45, 7) is 3.47. The fourth-order valence-corrected chi connectivity index (χ4v) is 4.28. The lowest BCUT2D eigenvalue weighted by Crippen LogP contribution is -2.03. The Kier molecular flexibility index (Phi) is 7.19. The van der Waals surface area contributed by atoms with Crippen molar-refractivity contribution in [3.8, 4) is 5.75 Å². The second-order valence-electron chi connectivity index (χ2n) is 7.32. The molecular formula is C24H23ClN4O2S. The van der Waals surface area contributed by atoms with Gasteiger partial charge in [-0.25, -0.2) is 9.97 Å². The Balaban J connectivity index is 1.28. The van der Waals surface area contributed by atoms with Gasteiger partial charge in [-0.2, -0.15) is 0 Å². The van der Waals surface area contributed by atoms with Crippen LogP contribution in [0.2, 0.25) is 5.02 Å². The molecule has 2 aromatic carbocycles. The molecule has 0 saturated carbocycles. The molecule has 0 aliphatic carbocycles. The molecule has 4 rings (SSSR count). The molecule has 0 amide bonds. The third kappa shape index (κ3) is 5.75. The Labute approximate surface area is 195 Å². The van der Waals surface area contributed by atoms with Crippen LogP contribution in [-0.4, -0.2) is 26.9 Å². The van der Waals surface area contributed by atoms with Gasteiger partial charge in [0.05, 0.1) is 24.0 Å². The van der Waals surface area contributed by atoms with Crippen LogP contribution in [0.1, 0.15) is 27.2 Å². The number of imidazole rings is 1. The molecule has 0 fully saturated rings. The highest BCUT2D eigenvalue weighted by atomic mass is 35.5. The number of aryl methyl sites for hydroxylation is 2. The maximum Gasteiger partial charge on any atom is 0.187 e. The fourth-order valence-electron chi connectivity index (χ4n) is 3.21. The van der Waals surface area contributed by atoms with Crippen molar-refractivity contribution >= 4 is 39.5 Å². The quantitative estimate of drug-likeness (QED) is 0.231. The number of thiazole rings is 1. The van der Waals surface area contributed by atoms with Crippen LogP contribution in [0.5, 0.6) is 5.75 Å². The van der Waals surface area contributed by atoms with Gasteiger partial charge in [0, 0.05) is 36.1 Å². The van der Waals surface area contributed by atoms with Gasteiger partial charge in [0.1, 0.15) is 5.75 Å². The maximum atomic E-state index is 12.7. The van der Waals surface area contributed by atoms with E-state index < -0.39 is 0 Å². The van der Waals surface area contributed by atoms with Crippen LogP contribution in [0.15, 0.2) is 67.4 Å². The number of nitrogens with zero attached hydrogens (tertiary/aromatic N) is 3. The number of carbonyl (C=O) groups is 1. The predicted molar refractivity (Wildman–Crippen MR) is 128 cm³/mol. The van der Waals surface area contributed by atoms with Crippen molar-refractivity contribution in [1.29, 1.82) is 0 Å². The molecule has 0 bridgehead atoms. The fraction of sp³-hybridized carbons (Fsp3) is 0.208. The van der Waals surface area contributed by atoms with Gasteiger partial charge in [-0.05, 0) is 54.8 Å².